The molecule has 0 saturated carbocycles. The van der Waals surface area contributed by atoms with E-state index >= 15 is 0 Å². The molecule has 0 aliphatic carbocycles. The molecule has 4 rings (SSSR count). The monoisotopic (exact) mass is 465 g/mol. The number of aromatic nitrogens is 3. The number of benzene rings is 2. The molecule has 0 fully saturated rings. The minimum absolute atomic E-state index is 0.0164. The van der Waals surface area contributed by atoms with Crippen molar-refractivity contribution in [3.63, 3.8) is 0 Å². The van der Waals surface area contributed by atoms with Crippen molar-refractivity contribution >= 4 is 26.8 Å². The van der Waals surface area contributed by atoms with Gasteiger partial charge in [0, 0.05) is 30.7 Å². The van der Waals surface area contributed by atoms with E-state index in [1.54, 1.807) is 37.3 Å². The maximum Gasteiger partial charge on any atom is 0.340 e. The molecule has 4 aromatic rings. The van der Waals surface area contributed by atoms with Crippen molar-refractivity contribution in [1.29, 1.82) is 0 Å². The summed E-state index contributed by atoms with van der Waals surface area (Å²) in [7, 11) is -2.70. The molecule has 0 N–H and O–H groups in total. The van der Waals surface area contributed by atoms with Crippen molar-refractivity contribution in [2.75, 3.05) is 0 Å². The van der Waals surface area contributed by atoms with Crippen LogP contribution in [0.1, 0.15) is 38.3 Å². The summed E-state index contributed by atoms with van der Waals surface area (Å²) in [5, 5.41) is 17.5. The lowest BCUT2D eigenvalue weighted by molar-refractivity contribution is -0.584. The third-order valence-electron chi connectivity index (χ3n) is 5.96. The second kappa shape index (κ2) is 8.00. The van der Waals surface area contributed by atoms with Crippen LogP contribution in [0.5, 0.6) is 5.88 Å². The van der Waals surface area contributed by atoms with E-state index in [0.717, 1.165) is 21.4 Å². The fraction of sp³-hybridized carbons (Fsp3) is 0.208. The normalized spacial score (nSPS) is 11.7. The molecule has 2 heterocycles. The standard InChI is InChI=1S/C24H23N3O5S/c1-14-11-12-19(21-16(3)15(2)17(4)27(29)22(14)21)23(28)20-13-25-26(5)24(20)32-33(30,31)18-9-7-6-8-10-18/h6-13H,1-5H3. The molecule has 2 aromatic carbocycles. The molecule has 0 radical (unpaired) electrons. The zero-order chi connectivity index (χ0) is 24.1. The van der Waals surface area contributed by atoms with Gasteiger partial charge in [-0.15, -0.1) is 0 Å². The van der Waals surface area contributed by atoms with Crippen LogP contribution in [0, 0.1) is 32.9 Å². The maximum atomic E-state index is 13.6. The number of fused-ring (bicyclic) bond motifs is 1. The lowest BCUT2D eigenvalue weighted by Gasteiger charge is -2.15. The molecule has 0 spiro atoms. The third kappa shape index (κ3) is 3.64. The van der Waals surface area contributed by atoms with Gasteiger partial charge in [0.25, 0.3) is 0 Å². The lowest BCUT2D eigenvalue weighted by Crippen LogP contribution is -2.33. The molecular weight excluding hydrogens is 442 g/mol. The highest BCUT2D eigenvalue weighted by molar-refractivity contribution is 7.87. The van der Waals surface area contributed by atoms with Crippen molar-refractivity contribution in [2.45, 2.75) is 32.6 Å². The third-order valence-corrected chi connectivity index (χ3v) is 7.19. The number of hydrogen-bond acceptors (Lipinski definition) is 6. The molecule has 0 unspecified atom stereocenters. The van der Waals surface area contributed by atoms with E-state index in [1.165, 1.54) is 30.1 Å². The average molecular weight is 466 g/mol. The van der Waals surface area contributed by atoms with Crippen LogP contribution in [0.3, 0.4) is 0 Å². The van der Waals surface area contributed by atoms with Crippen LogP contribution >= 0.6 is 0 Å². The molecule has 33 heavy (non-hydrogen) atoms. The van der Waals surface area contributed by atoms with Crippen molar-refractivity contribution in [1.82, 2.24) is 9.78 Å². The Hall–Kier alpha value is -3.72. The SMILES string of the molecule is Cc1c(C)c2c(C(=O)c3cnn(C)c3OS(=O)(=O)c3ccccc3)ccc(C)c2[n+]([O-])c1C. The van der Waals surface area contributed by atoms with Gasteiger partial charge in [-0.1, -0.05) is 24.3 Å². The molecular formula is C24H23N3O5S. The van der Waals surface area contributed by atoms with Crippen molar-refractivity contribution < 1.29 is 22.1 Å². The smallest absolute Gasteiger partial charge is 0.340 e. The lowest BCUT2D eigenvalue weighted by atomic mass is 9.93. The van der Waals surface area contributed by atoms with Crippen LogP contribution in [0.15, 0.2) is 53.6 Å². The number of ketones is 1. The fourth-order valence-corrected chi connectivity index (χ4v) is 4.86. The summed E-state index contributed by atoms with van der Waals surface area (Å²) >= 11 is 0. The summed E-state index contributed by atoms with van der Waals surface area (Å²) in [5.74, 6) is -0.688. The summed E-state index contributed by atoms with van der Waals surface area (Å²) < 4.78 is 32.9. The Labute approximate surface area is 191 Å². The van der Waals surface area contributed by atoms with Gasteiger partial charge in [0.05, 0.1) is 11.6 Å². The number of nitrogens with zero attached hydrogens (tertiary/aromatic N) is 3. The fourth-order valence-electron chi connectivity index (χ4n) is 3.87. The molecule has 8 nitrogen and oxygen atoms in total. The summed E-state index contributed by atoms with van der Waals surface area (Å²) in [5.41, 5.74) is 3.55. The molecule has 0 amide bonds. The van der Waals surface area contributed by atoms with Crippen LogP contribution in [0.25, 0.3) is 10.9 Å². The number of aryl methyl sites for hydroxylation is 3. The predicted molar refractivity (Wildman–Crippen MR) is 123 cm³/mol. The van der Waals surface area contributed by atoms with E-state index < -0.39 is 15.9 Å². The van der Waals surface area contributed by atoms with Gasteiger partial charge < -0.3 is 9.39 Å². The van der Waals surface area contributed by atoms with Crippen LogP contribution in [0.4, 0.5) is 0 Å². The van der Waals surface area contributed by atoms with Crippen LogP contribution in [-0.4, -0.2) is 24.0 Å². The number of carbonyl (C=O) groups is 1. The van der Waals surface area contributed by atoms with Crippen LogP contribution in [-0.2, 0) is 17.2 Å². The van der Waals surface area contributed by atoms with Gasteiger partial charge in [0.15, 0.2) is 5.69 Å². The predicted octanol–water partition coefficient (Wildman–Crippen LogP) is 3.44. The Morgan fingerprint density at radius 2 is 1.67 bits per heavy atom. The van der Waals surface area contributed by atoms with Crippen LogP contribution in [0.2, 0.25) is 0 Å². The van der Waals surface area contributed by atoms with Gasteiger partial charge in [-0.05, 0) is 44.5 Å². The van der Waals surface area contributed by atoms with Gasteiger partial charge >= 0.3 is 10.1 Å². The highest BCUT2D eigenvalue weighted by Crippen LogP contribution is 2.31. The number of hydrogen-bond donors (Lipinski definition) is 0. The zero-order valence-electron chi connectivity index (χ0n) is 18.9. The molecule has 0 atom stereocenters. The Kier molecular flexibility index (Phi) is 5.45. The number of pyridine rings is 1. The molecule has 0 bridgehead atoms. The molecule has 0 aliphatic rings. The van der Waals surface area contributed by atoms with E-state index in [-0.39, 0.29) is 21.9 Å². The zero-order valence-corrected chi connectivity index (χ0v) is 19.7. The Morgan fingerprint density at radius 3 is 2.33 bits per heavy atom. The highest BCUT2D eigenvalue weighted by atomic mass is 32.2. The van der Waals surface area contributed by atoms with Gasteiger partial charge in [-0.3, -0.25) is 4.79 Å². The molecule has 9 heteroatoms. The van der Waals surface area contributed by atoms with Gasteiger partial charge in [0.1, 0.15) is 10.5 Å². The first-order valence-electron chi connectivity index (χ1n) is 10.2. The number of carbonyl (C=O) groups excluding carboxylic acids is 1. The Bertz CT molecular complexity index is 1520. The van der Waals surface area contributed by atoms with Crippen molar-refractivity contribution in [3.8, 4) is 5.88 Å². The van der Waals surface area contributed by atoms with Crippen molar-refractivity contribution in [3.05, 3.63) is 87.4 Å². The number of rotatable bonds is 5. The molecule has 0 saturated heterocycles. The van der Waals surface area contributed by atoms with E-state index in [2.05, 4.69) is 5.10 Å². The minimum Gasteiger partial charge on any atom is -0.618 e. The Morgan fingerprint density at radius 1 is 1.00 bits per heavy atom. The van der Waals surface area contributed by atoms with Crippen LogP contribution < -0.4 is 8.91 Å². The van der Waals surface area contributed by atoms with Gasteiger partial charge in [-0.2, -0.15) is 18.2 Å². The molecule has 2 aromatic heterocycles. The molecule has 170 valence electrons. The van der Waals surface area contributed by atoms with Gasteiger partial charge in [-0.25, -0.2) is 4.68 Å². The van der Waals surface area contributed by atoms with E-state index in [4.69, 9.17) is 4.18 Å². The van der Waals surface area contributed by atoms with E-state index in [0.29, 0.717) is 16.6 Å². The van der Waals surface area contributed by atoms with Crippen molar-refractivity contribution in [2.24, 2.45) is 7.05 Å². The molecule has 0 aliphatic heterocycles. The highest BCUT2D eigenvalue weighted by Gasteiger charge is 2.29. The summed E-state index contributed by atoms with van der Waals surface area (Å²) in [6.45, 7) is 7.25. The Balaban J connectivity index is 1.89. The first-order chi connectivity index (χ1) is 15.5. The quantitative estimate of drug-likeness (QED) is 0.194. The first-order valence-corrected chi connectivity index (χ1v) is 11.6. The largest absolute Gasteiger partial charge is 0.618 e. The summed E-state index contributed by atoms with van der Waals surface area (Å²) in [6.07, 6.45) is 1.27. The second-order valence-corrected chi connectivity index (χ2v) is 9.50. The topological polar surface area (TPSA) is 105 Å². The maximum absolute atomic E-state index is 13.6. The second-order valence-electron chi connectivity index (χ2n) is 7.95. The summed E-state index contributed by atoms with van der Waals surface area (Å²) in [6, 6.07) is 11.0. The van der Waals surface area contributed by atoms with Gasteiger partial charge in [0.2, 0.25) is 17.2 Å². The first kappa shape index (κ1) is 22.5. The minimum atomic E-state index is -4.19. The van der Waals surface area contributed by atoms with E-state index in [1.807, 2.05) is 20.8 Å². The van der Waals surface area contributed by atoms with E-state index in [9.17, 15) is 18.4 Å². The summed E-state index contributed by atoms with van der Waals surface area (Å²) in [4.78, 5) is 13.6. The average Bonchev–Trinajstić information content (AvgIpc) is 3.15.